The molecule has 0 atom stereocenters. The maximum atomic E-state index is 5.28. The number of pyridine rings is 5. The number of nitrogens with zero attached hydrogens (tertiary/aromatic N) is 7. The van der Waals surface area contributed by atoms with Gasteiger partial charge in [-0.15, -0.1) is 0 Å². The van der Waals surface area contributed by atoms with Crippen LogP contribution >= 0.6 is 0 Å². The second-order valence-corrected chi connectivity index (χ2v) is 10.7. The molecule has 7 heterocycles. The molecular weight excluding hydrogens is 542 g/mol. The van der Waals surface area contributed by atoms with E-state index in [1.807, 2.05) is 73.6 Å². The Bertz CT molecular complexity index is 2290. The lowest BCUT2D eigenvalue weighted by Crippen LogP contribution is -1.96. The Balaban J connectivity index is 1.29. The van der Waals surface area contributed by atoms with Gasteiger partial charge in [-0.2, -0.15) is 0 Å². The molecule has 9 aromatic rings. The molecule has 0 aliphatic heterocycles. The molecule has 0 fully saturated rings. The Morgan fingerprint density at radius 3 is 1.20 bits per heavy atom. The van der Waals surface area contributed by atoms with Gasteiger partial charge >= 0.3 is 0 Å². The lowest BCUT2D eigenvalue weighted by Gasteiger charge is -2.11. The fraction of sp³-hybridized carbons (Fsp3) is 0. The second-order valence-electron chi connectivity index (χ2n) is 10.7. The molecule has 0 N–H and O–H groups in total. The van der Waals surface area contributed by atoms with Gasteiger partial charge < -0.3 is 9.13 Å². The van der Waals surface area contributed by atoms with Gasteiger partial charge in [-0.05, 0) is 101 Å². The largest absolute Gasteiger partial charge is 0.306 e. The molecule has 0 radical (unpaired) electrons. The lowest BCUT2D eigenvalue weighted by atomic mass is 10.1. The van der Waals surface area contributed by atoms with Crippen LogP contribution in [0.5, 0.6) is 0 Å². The highest BCUT2D eigenvalue weighted by molar-refractivity contribution is 6.13. The van der Waals surface area contributed by atoms with E-state index in [1.165, 1.54) is 0 Å². The minimum Gasteiger partial charge on any atom is -0.306 e. The fourth-order valence-electron chi connectivity index (χ4n) is 6.21. The maximum Gasteiger partial charge on any atom is 0.116 e. The third-order valence-corrected chi connectivity index (χ3v) is 8.25. The van der Waals surface area contributed by atoms with Gasteiger partial charge in [-0.25, -0.2) is 4.98 Å². The molecule has 7 aromatic heterocycles. The van der Waals surface area contributed by atoms with Crippen LogP contribution in [0, 0.1) is 0 Å². The molecule has 7 nitrogen and oxygen atoms in total. The van der Waals surface area contributed by atoms with Crippen molar-refractivity contribution in [1.82, 2.24) is 34.1 Å². The molecule has 0 amide bonds. The van der Waals surface area contributed by atoms with E-state index in [9.17, 15) is 0 Å². The minimum absolute atomic E-state index is 0.851. The monoisotopic (exact) mass is 565 g/mol. The van der Waals surface area contributed by atoms with Crippen LogP contribution in [-0.4, -0.2) is 34.1 Å². The zero-order valence-electron chi connectivity index (χ0n) is 23.4. The third-order valence-electron chi connectivity index (χ3n) is 8.25. The van der Waals surface area contributed by atoms with E-state index < -0.39 is 0 Å². The molecule has 9 rings (SSSR count). The summed E-state index contributed by atoms with van der Waals surface area (Å²) in [4.78, 5) is 23.2. The van der Waals surface area contributed by atoms with Gasteiger partial charge in [0, 0.05) is 48.6 Å². The first-order valence-corrected chi connectivity index (χ1v) is 14.4. The smallest absolute Gasteiger partial charge is 0.116 e. The van der Waals surface area contributed by atoms with Crippen molar-refractivity contribution in [3.63, 3.8) is 0 Å². The van der Waals surface area contributed by atoms with Gasteiger partial charge in [-0.3, -0.25) is 19.9 Å². The molecule has 0 bridgehead atoms. The highest BCUT2D eigenvalue weighted by Crippen LogP contribution is 2.37. The van der Waals surface area contributed by atoms with Crippen molar-refractivity contribution in [1.29, 1.82) is 0 Å². The molecule has 0 aliphatic rings. The highest BCUT2D eigenvalue weighted by Gasteiger charge is 2.21. The summed E-state index contributed by atoms with van der Waals surface area (Å²) in [5.74, 6) is 0. The molecule has 0 unspecified atom stereocenters. The summed E-state index contributed by atoms with van der Waals surface area (Å²) in [6.07, 6.45) is 10.9. The summed E-state index contributed by atoms with van der Waals surface area (Å²) in [7, 11) is 0. The van der Waals surface area contributed by atoms with Gasteiger partial charge in [0.2, 0.25) is 0 Å². The predicted molar refractivity (Wildman–Crippen MR) is 175 cm³/mol. The van der Waals surface area contributed by atoms with E-state index in [1.54, 1.807) is 0 Å². The normalized spacial score (nSPS) is 11.6. The van der Waals surface area contributed by atoms with Gasteiger partial charge in [0.25, 0.3) is 0 Å². The second kappa shape index (κ2) is 9.68. The number of rotatable bonds is 4. The number of benzene rings is 2. The molecular formula is C37H23N7. The highest BCUT2D eigenvalue weighted by atomic mass is 15.1. The van der Waals surface area contributed by atoms with E-state index in [0.717, 1.165) is 77.8 Å². The summed E-state index contributed by atoms with van der Waals surface area (Å²) < 4.78 is 4.50. The van der Waals surface area contributed by atoms with Crippen molar-refractivity contribution in [2.75, 3.05) is 0 Å². The van der Waals surface area contributed by atoms with E-state index >= 15 is 0 Å². The predicted octanol–water partition coefficient (Wildman–Crippen LogP) is 8.19. The van der Waals surface area contributed by atoms with Crippen molar-refractivity contribution in [3.8, 4) is 33.6 Å². The number of aromatic nitrogens is 7. The van der Waals surface area contributed by atoms with Crippen LogP contribution in [0.2, 0.25) is 0 Å². The first kappa shape index (κ1) is 24.4. The summed E-state index contributed by atoms with van der Waals surface area (Å²) in [6.45, 7) is 0. The molecule has 44 heavy (non-hydrogen) atoms. The van der Waals surface area contributed by atoms with Gasteiger partial charge in [0.05, 0.1) is 22.1 Å². The molecule has 0 spiro atoms. The van der Waals surface area contributed by atoms with Crippen LogP contribution in [-0.2, 0) is 0 Å². The SMILES string of the molecule is c1cnc2c3nc4c5ncccc5n(-c5ccc(-c6ccncc6)cc5)c4cc3n(-c3ccc(-c4ccncc4)cc3)c2c1. The Morgan fingerprint density at radius 2 is 0.773 bits per heavy atom. The molecule has 206 valence electrons. The van der Waals surface area contributed by atoms with Crippen LogP contribution in [0.25, 0.3) is 77.8 Å². The van der Waals surface area contributed by atoms with E-state index in [0.29, 0.717) is 0 Å². The zero-order valence-corrected chi connectivity index (χ0v) is 23.4. The van der Waals surface area contributed by atoms with Crippen LogP contribution < -0.4 is 0 Å². The Labute approximate surface area is 251 Å². The van der Waals surface area contributed by atoms with Crippen molar-refractivity contribution in [2.24, 2.45) is 0 Å². The van der Waals surface area contributed by atoms with Crippen molar-refractivity contribution >= 4 is 44.1 Å². The fourth-order valence-corrected chi connectivity index (χ4v) is 6.21. The van der Waals surface area contributed by atoms with Crippen molar-refractivity contribution in [2.45, 2.75) is 0 Å². The van der Waals surface area contributed by atoms with Crippen LogP contribution in [0.3, 0.4) is 0 Å². The average Bonchev–Trinajstić information content (AvgIpc) is 3.60. The van der Waals surface area contributed by atoms with E-state index in [2.05, 4.69) is 85.8 Å². The summed E-state index contributed by atoms with van der Waals surface area (Å²) in [5, 5.41) is 0. The van der Waals surface area contributed by atoms with E-state index in [4.69, 9.17) is 15.0 Å². The molecule has 0 aliphatic carbocycles. The Hall–Kier alpha value is -6.21. The van der Waals surface area contributed by atoms with Crippen LogP contribution in [0.4, 0.5) is 0 Å². The zero-order chi connectivity index (χ0) is 29.0. The number of hydrogen-bond donors (Lipinski definition) is 0. The third kappa shape index (κ3) is 3.73. The van der Waals surface area contributed by atoms with Crippen molar-refractivity contribution < 1.29 is 0 Å². The van der Waals surface area contributed by atoms with Gasteiger partial charge in [0.15, 0.2) is 0 Å². The Kier molecular flexibility index (Phi) is 5.36. The summed E-state index contributed by atoms with van der Waals surface area (Å²) in [5.41, 5.74) is 14.0. The Morgan fingerprint density at radius 1 is 0.364 bits per heavy atom. The number of fused-ring (bicyclic) bond motifs is 6. The lowest BCUT2D eigenvalue weighted by molar-refractivity contribution is 1.16. The van der Waals surface area contributed by atoms with Gasteiger partial charge in [-0.1, -0.05) is 24.3 Å². The maximum absolute atomic E-state index is 5.28. The topological polar surface area (TPSA) is 74.3 Å². The minimum atomic E-state index is 0.851. The van der Waals surface area contributed by atoms with Gasteiger partial charge in [0.1, 0.15) is 22.1 Å². The summed E-state index contributed by atoms with van der Waals surface area (Å²) in [6, 6.07) is 35.7. The molecule has 0 saturated heterocycles. The summed E-state index contributed by atoms with van der Waals surface area (Å²) >= 11 is 0. The standard InChI is InChI=1S/C37H23N7/c1-3-30-34(40-17-1)36-32(43(30)28-9-5-24(6-10-28)26-13-19-38-20-14-26)23-33-37(42-36)35-31(4-2-18-41-35)44(33)29-11-7-25(8-12-29)27-15-21-39-22-16-27/h1-23H. The van der Waals surface area contributed by atoms with Crippen LogP contribution in [0.15, 0.2) is 140 Å². The van der Waals surface area contributed by atoms with E-state index in [-0.39, 0.29) is 0 Å². The first-order valence-electron chi connectivity index (χ1n) is 14.4. The first-order chi connectivity index (χ1) is 21.8. The average molecular weight is 566 g/mol. The van der Waals surface area contributed by atoms with Crippen molar-refractivity contribution in [3.05, 3.63) is 140 Å². The quantitative estimate of drug-likeness (QED) is 0.215. The number of hydrogen-bond acceptors (Lipinski definition) is 5. The van der Waals surface area contributed by atoms with Crippen LogP contribution in [0.1, 0.15) is 0 Å². The molecule has 0 saturated carbocycles. The molecule has 7 heteroatoms. The molecule has 2 aromatic carbocycles.